The molecular weight excluding hydrogens is 248 g/mol. The fourth-order valence-corrected chi connectivity index (χ4v) is 2.99. The van der Waals surface area contributed by atoms with Crippen LogP contribution in [0.3, 0.4) is 0 Å². The summed E-state index contributed by atoms with van der Waals surface area (Å²) in [6, 6.07) is 9.95. The number of hydrogen-bond acceptors (Lipinski definition) is 2. The molecule has 1 aromatic rings. The lowest BCUT2D eigenvalue weighted by atomic mass is 9.79. The third kappa shape index (κ3) is 3.74. The van der Waals surface area contributed by atoms with Gasteiger partial charge in [-0.25, -0.2) is 8.78 Å². The standard InChI is InChI=1S/C15H21F2NO/c1-18(10-15(16)17)13-9-12(7-8-14(13)19)11-5-3-2-4-6-11/h2-6,12-15,19H,7-10H2,1H3. The summed E-state index contributed by atoms with van der Waals surface area (Å²) >= 11 is 0. The van der Waals surface area contributed by atoms with Gasteiger partial charge in [0.1, 0.15) is 0 Å². The molecule has 2 nitrogen and oxygen atoms in total. The summed E-state index contributed by atoms with van der Waals surface area (Å²) in [5.41, 5.74) is 1.24. The lowest BCUT2D eigenvalue weighted by Crippen LogP contribution is -2.46. The predicted octanol–water partition coefficient (Wildman–Crippen LogP) is 2.88. The first-order valence-electron chi connectivity index (χ1n) is 6.79. The molecule has 3 unspecified atom stereocenters. The third-order valence-electron chi connectivity index (χ3n) is 4.04. The molecular formula is C15H21F2NO. The Morgan fingerprint density at radius 1 is 1.26 bits per heavy atom. The molecule has 0 spiro atoms. The van der Waals surface area contributed by atoms with Gasteiger partial charge >= 0.3 is 0 Å². The second kappa shape index (κ2) is 6.44. The van der Waals surface area contributed by atoms with E-state index in [9.17, 15) is 13.9 Å². The molecule has 1 fully saturated rings. The van der Waals surface area contributed by atoms with Crippen LogP contribution in [0.1, 0.15) is 30.7 Å². The van der Waals surface area contributed by atoms with Crippen molar-refractivity contribution in [3.8, 4) is 0 Å². The van der Waals surface area contributed by atoms with Gasteiger partial charge in [-0.3, -0.25) is 4.90 Å². The van der Waals surface area contributed by atoms with Gasteiger partial charge in [-0.2, -0.15) is 0 Å². The highest BCUT2D eigenvalue weighted by atomic mass is 19.3. The molecule has 4 heteroatoms. The number of halogens is 2. The number of hydrogen-bond donors (Lipinski definition) is 1. The number of aliphatic hydroxyl groups is 1. The number of rotatable bonds is 4. The van der Waals surface area contributed by atoms with Crippen LogP contribution in [-0.2, 0) is 0 Å². The van der Waals surface area contributed by atoms with Crippen LogP contribution < -0.4 is 0 Å². The maximum absolute atomic E-state index is 12.5. The predicted molar refractivity (Wildman–Crippen MR) is 71.5 cm³/mol. The van der Waals surface area contributed by atoms with Gasteiger partial charge in [0.2, 0.25) is 0 Å². The smallest absolute Gasteiger partial charge is 0.251 e. The number of nitrogens with zero attached hydrogens (tertiary/aromatic N) is 1. The van der Waals surface area contributed by atoms with Gasteiger partial charge in [-0.1, -0.05) is 30.3 Å². The minimum Gasteiger partial charge on any atom is -0.391 e. The van der Waals surface area contributed by atoms with Crippen LogP contribution in [0.15, 0.2) is 30.3 Å². The summed E-state index contributed by atoms with van der Waals surface area (Å²) in [6.07, 6.45) is -0.505. The minimum atomic E-state index is -2.35. The number of likely N-dealkylation sites (N-methyl/N-ethyl adjacent to an activating group) is 1. The fraction of sp³-hybridized carbons (Fsp3) is 0.600. The molecule has 0 amide bonds. The van der Waals surface area contributed by atoms with Crippen molar-refractivity contribution in [1.29, 1.82) is 0 Å². The van der Waals surface area contributed by atoms with E-state index in [1.165, 1.54) is 5.56 Å². The molecule has 3 atom stereocenters. The molecule has 1 saturated carbocycles. The van der Waals surface area contributed by atoms with E-state index >= 15 is 0 Å². The molecule has 0 radical (unpaired) electrons. The molecule has 1 aliphatic rings. The Hall–Kier alpha value is -1.00. The largest absolute Gasteiger partial charge is 0.391 e. The molecule has 0 heterocycles. The van der Waals surface area contributed by atoms with Gasteiger partial charge in [0.25, 0.3) is 6.43 Å². The zero-order valence-electron chi connectivity index (χ0n) is 11.2. The summed E-state index contributed by atoms with van der Waals surface area (Å²) < 4.78 is 24.9. The van der Waals surface area contributed by atoms with Gasteiger partial charge in [-0.05, 0) is 37.8 Å². The summed E-state index contributed by atoms with van der Waals surface area (Å²) in [5.74, 6) is 0.356. The molecule has 2 rings (SSSR count). The fourth-order valence-electron chi connectivity index (χ4n) is 2.99. The quantitative estimate of drug-likeness (QED) is 0.908. The van der Waals surface area contributed by atoms with Crippen LogP contribution in [0, 0.1) is 0 Å². The second-order valence-electron chi connectivity index (χ2n) is 5.39. The summed E-state index contributed by atoms with van der Waals surface area (Å²) in [5, 5.41) is 10.0. The highest BCUT2D eigenvalue weighted by molar-refractivity contribution is 5.20. The number of alkyl halides is 2. The first-order valence-corrected chi connectivity index (χ1v) is 6.79. The SMILES string of the molecule is CN(CC(F)F)C1CC(c2ccccc2)CCC1O. The van der Waals surface area contributed by atoms with E-state index in [1.807, 2.05) is 18.2 Å². The van der Waals surface area contributed by atoms with Crippen LogP contribution in [0.25, 0.3) is 0 Å². The Balaban J connectivity index is 2.03. The van der Waals surface area contributed by atoms with Crippen molar-refractivity contribution in [3.05, 3.63) is 35.9 Å². The van der Waals surface area contributed by atoms with E-state index in [0.717, 1.165) is 12.8 Å². The average Bonchev–Trinajstić information content (AvgIpc) is 2.39. The van der Waals surface area contributed by atoms with Gasteiger partial charge in [-0.15, -0.1) is 0 Å². The lowest BCUT2D eigenvalue weighted by molar-refractivity contribution is -0.000943. The maximum Gasteiger partial charge on any atom is 0.251 e. The van der Waals surface area contributed by atoms with Gasteiger partial charge in [0, 0.05) is 6.04 Å². The second-order valence-corrected chi connectivity index (χ2v) is 5.39. The van der Waals surface area contributed by atoms with E-state index in [1.54, 1.807) is 11.9 Å². The van der Waals surface area contributed by atoms with Crippen LogP contribution in [0.4, 0.5) is 8.78 Å². The van der Waals surface area contributed by atoms with E-state index in [-0.39, 0.29) is 12.6 Å². The van der Waals surface area contributed by atoms with Gasteiger partial charge < -0.3 is 5.11 Å². The van der Waals surface area contributed by atoms with Crippen molar-refractivity contribution >= 4 is 0 Å². The topological polar surface area (TPSA) is 23.5 Å². The first-order chi connectivity index (χ1) is 9.08. The summed E-state index contributed by atoms with van der Waals surface area (Å²) in [7, 11) is 1.67. The van der Waals surface area contributed by atoms with Crippen molar-refractivity contribution in [2.45, 2.75) is 43.8 Å². The Kier molecular flexibility index (Phi) is 4.88. The molecule has 19 heavy (non-hydrogen) atoms. The molecule has 0 aromatic heterocycles. The normalized spacial score (nSPS) is 28.0. The van der Waals surface area contributed by atoms with E-state index in [0.29, 0.717) is 12.3 Å². The van der Waals surface area contributed by atoms with Crippen molar-refractivity contribution in [2.24, 2.45) is 0 Å². The van der Waals surface area contributed by atoms with Crippen LogP contribution in [0.5, 0.6) is 0 Å². The van der Waals surface area contributed by atoms with E-state index in [2.05, 4.69) is 12.1 Å². The Morgan fingerprint density at radius 3 is 2.58 bits per heavy atom. The molecule has 1 aliphatic carbocycles. The maximum atomic E-state index is 12.5. The summed E-state index contributed by atoms with van der Waals surface area (Å²) in [6.45, 7) is -0.275. The molecule has 106 valence electrons. The van der Waals surface area contributed by atoms with Crippen LogP contribution in [-0.4, -0.2) is 42.2 Å². The number of benzene rings is 1. The van der Waals surface area contributed by atoms with Crippen LogP contribution >= 0.6 is 0 Å². The van der Waals surface area contributed by atoms with Crippen molar-refractivity contribution in [1.82, 2.24) is 4.90 Å². The van der Waals surface area contributed by atoms with Crippen molar-refractivity contribution < 1.29 is 13.9 Å². The Morgan fingerprint density at radius 2 is 1.95 bits per heavy atom. The minimum absolute atomic E-state index is 0.173. The monoisotopic (exact) mass is 269 g/mol. The van der Waals surface area contributed by atoms with E-state index in [4.69, 9.17) is 0 Å². The first kappa shape index (κ1) is 14.4. The summed E-state index contributed by atoms with van der Waals surface area (Å²) in [4.78, 5) is 1.60. The third-order valence-corrected chi connectivity index (χ3v) is 4.04. The Labute approximate surface area is 113 Å². The highest BCUT2D eigenvalue weighted by Crippen LogP contribution is 2.34. The zero-order valence-corrected chi connectivity index (χ0v) is 11.2. The zero-order chi connectivity index (χ0) is 13.8. The van der Waals surface area contributed by atoms with Gasteiger partial charge in [0.15, 0.2) is 0 Å². The molecule has 0 aliphatic heterocycles. The Bertz CT molecular complexity index is 385. The van der Waals surface area contributed by atoms with Crippen LogP contribution in [0.2, 0.25) is 0 Å². The van der Waals surface area contributed by atoms with Gasteiger partial charge in [0.05, 0.1) is 12.6 Å². The molecule has 0 bridgehead atoms. The average molecular weight is 269 g/mol. The van der Waals surface area contributed by atoms with E-state index < -0.39 is 12.5 Å². The molecule has 0 saturated heterocycles. The van der Waals surface area contributed by atoms with Crippen molar-refractivity contribution in [2.75, 3.05) is 13.6 Å². The molecule has 1 N–H and O–H groups in total. The number of aliphatic hydroxyl groups excluding tert-OH is 1. The lowest BCUT2D eigenvalue weighted by Gasteiger charge is -2.39. The highest BCUT2D eigenvalue weighted by Gasteiger charge is 2.33. The van der Waals surface area contributed by atoms with Crippen molar-refractivity contribution in [3.63, 3.8) is 0 Å². The molecule has 1 aromatic carbocycles.